The van der Waals surface area contributed by atoms with Gasteiger partial charge in [-0.25, -0.2) is 9.97 Å². The fourth-order valence-electron chi connectivity index (χ4n) is 3.28. The average molecular weight is 410 g/mol. The molecule has 1 aromatic carbocycles. The molecule has 5 nitrogen and oxygen atoms in total. The van der Waals surface area contributed by atoms with Gasteiger partial charge < -0.3 is 9.47 Å². The average Bonchev–Trinajstić information content (AvgIpc) is 3.31. The number of para-hydroxylation sites is 1. The summed E-state index contributed by atoms with van der Waals surface area (Å²) in [5.41, 5.74) is 3.62. The first-order valence-corrected chi connectivity index (χ1v) is 9.34. The van der Waals surface area contributed by atoms with Crippen LogP contribution in [0.15, 0.2) is 59.3 Å². The Hall–Kier alpha value is -2.44. The molecule has 1 saturated heterocycles. The molecule has 0 spiro atoms. The lowest BCUT2D eigenvalue weighted by molar-refractivity contribution is 0.141. The fraction of sp³-hybridized carbons (Fsp3) is 0.200. The van der Waals surface area contributed by atoms with Crippen molar-refractivity contribution in [1.82, 2.24) is 14.4 Å². The molecule has 0 unspecified atom stereocenters. The van der Waals surface area contributed by atoms with E-state index >= 15 is 0 Å². The summed E-state index contributed by atoms with van der Waals surface area (Å²) in [5.74, 6) is 0.819. The minimum atomic E-state index is 0.131. The van der Waals surface area contributed by atoms with Crippen molar-refractivity contribution in [3.05, 3.63) is 59.3 Å². The summed E-state index contributed by atoms with van der Waals surface area (Å²) in [6.45, 7) is 1.42. The van der Waals surface area contributed by atoms with Gasteiger partial charge in [0.25, 0.3) is 0 Å². The third-order valence-electron chi connectivity index (χ3n) is 4.61. The second kappa shape index (κ2) is 6.37. The molecule has 0 saturated carbocycles. The van der Waals surface area contributed by atoms with Gasteiger partial charge in [-0.15, -0.1) is 0 Å². The van der Waals surface area contributed by atoms with E-state index in [0.717, 1.165) is 51.2 Å². The van der Waals surface area contributed by atoms with Crippen molar-refractivity contribution >= 4 is 32.5 Å². The van der Waals surface area contributed by atoms with Gasteiger partial charge >= 0.3 is 0 Å². The molecule has 0 amide bonds. The molecule has 4 heterocycles. The second-order valence-corrected chi connectivity index (χ2v) is 7.20. The van der Waals surface area contributed by atoms with Gasteiger partial charge in [-0.1, -0.05) is 18.2 Å². The summed E-state index contributed by atoms with van der Waals surface area (Å²) in [6.07, 6.45) is 4.89. The van der Waals surface area contributed by atoms with Crippen LogP contribution >= 0.6 is 15.9 Å². The molecule has 1 atom stereocenters. The number of benzene rings is 1. The van der Waals surface area contributed by atoms with E-state index in [2.05, 4.69) is 33.0 Å². The largest absolute Gasteiger partial charge is 0.488 e. The molecule has 1 fully saturated rings. The topological polar surface area (TPSA) is 48.7 Å². The van der Waals surface area contributed by atoms with Crippen molar-refractivity contribution in [3.63, 3.8) is 0 Å². The van der Waals surface area contributed by atoms with Crippen molar-refractivity contribution in [2.24, 2.45) is 0 Å². The van der Waals surface area contributed by atoms with Crippen molar-refractivity contribution < 1.29 is 9.47 Å². The maximum absolute atomic E-state index is 5.97. The number of ether oxygens (including phenoxy) is 2. The van der Waals surface area contributed by atoms with Gasteiger partial charge in [0.15, 0.2) is 0 Å². The van der Waals surface area contributed by atoms with Crippen LogP contribution in [-0.2, 0) is 4.74 Å². The van der Waals surface area contributed by atoms with E-state index in [4.69, 9.17) is 14.5 Å². The highest BCUT2D eigenvalue weighted by Crippen LogP contribution is 2.27. The minimum absolute atomic E-state index is 0.131. The standard InChI is InChI=1S/C20H16BrN3O2/c21-16-3-1-2-13-4-5-17(23-20(13)16)18-11-22-19-10-14(6-8-24(18)19)26-15-7-9-25-12-15/h1-6,8,10-11,15H,7,9,12H2/t15-/m1/s1. The van der Waals surface area contributed by atoms with E-state index in [1.54, 1.807) is 0 Å². The molecule has 0 N–H and O–H groups in total. The molecule has 6 heteroatoms. The molecule has 1 aliphatic rings. The number of imidazole rings is 1. The summed E-state index contributed by atoms with van der Waals surface area (Å²) >= 11 is 3.58. The lowest BCUT2D eigenvalue weighted by atomic mass is 10.2. The Bertz CT molecular complexity index is 1100. The van der Waals surface area contributed by atoms with E-state index in [-0.39, 0.29) is 6.10 Å². The van der Waals surface area contributed by atoms with Crippen molar-refractivity contribution in [1.29, 1.82) is 0 Å². The predicted octanol–water partition coefficient (Wildman–Crippen LogP) is 4.48. The Kier molecular flexibility index (Phi) is 3.87. The molecule has 130 valence electrons. The molecule has 26 heavy (non-hydrogen) atoms. The Labute approximate surface area is 158 Å². The molecular weight excluding hydrogens is 394 g/mol. The number of aromatic nitrogens is 3. The first-order chi connectivity index (χ1) is 12.8. The Balaban J connectivity index is 1.54. The highest BCUT2D eigenvalue weighted by Gasteiger charge is 2.18. The zero-order valence-corrected chi connectivity index (χ0v) is 15.5. The van der Waals surface area contributed by atoms with Crippen LogP contribution in [-0.4, -0.2) is 33.7 Å². The molecule has 0 radical (unpaired) electrons. The number of fused-ring (bicyclic) bond motifs is 2. The van der Waals surface area contributed by atoms with Crippen molar-refractivity contribution in [2.45, 2.75) is 12.5 Å². The van der Waals surface area contributed by atoms with E-state index in [1.165, 1.54) is 0 Å². The Morgan fingerprint density at radius 3 is 3.04 bits per heavy atom. The van der Waals surface area contributed by atoms with E-state index in [9.17, 15) is 0 Å². The van der Waals surface area contributed by atoms with Crippen molar-refractivity contribution in [3.8, 4) is 17.1 Å². The molecule has 1 aliphatic heterocycles. The molecule has 5 rings (SSSR count). The van der Waals surface area contributed by atoms with E-state index < -0.39 is 0 Å². The summed E-state index contributed by atoms with van der Waals surface area (Å²) in [7, 11) is 0. The molecule has 3 aromatic heterocycles. The number of pyridine rings is 2. The third kappa shape index (κ3) is 2.75. The number of hydrogen-bond acceptors (Lipinski definition) is 4. The lowest BCUT2D eigenvalue weighted by Crippen LogP contribution is -2.15. The molecule has 0 bridgehead atoms. The quantitative estimate of drug-likeness (QED) is 0.500. The van der Waals surface area contributed by atoms with E-state index in [1.807, 2.05) is 47.1 Å². The first kappa shape index (κ1) is 15.8. The fourth-order valence-corrected chi connectivity index (χ4v) is 3.75. The highest BCUT2D eigenvalue weighted by atomic mass is 79.9. The van der Waals surface area contributed by atoms with Gasteiger partial charge in [0.05, 0.1) is 36.3 Å². The summed E-state index contributed by atoms with van der Waals surface area (Å²) in [5, 5.41) is 1.10. The Morgan fingerprint density at radius 1 is 1.19 bits per heavy atom. The minimum Gasteiger partial charge on any atom is -0.488 e. The van der Waals surface area contributed by atoms with Gasteiger partial charge in [0.1, 0.15) is 17.5 Å². The van der Waals surface area contributed by atoms with Crippen molar-refractivity contribution in [2.75, 3.05) is 13.2 Å². The summed E-state index contributed by atoms with van der Waals surface area (Å²) < 4.78 is 14.4. The maximum Gasteiger partial charge on any atom is 0.140 e. The lowest BCUT2D eigenvalue weighted by Gasteiger charge is -2.12. The molecule has 4 aromatic rings. The number of halogens is 1. The normalized spacial score (nSPS) is 17.2. The SMILES string of the molecule is Brc1cccc2ccc(-c3cnc4cc(O[C@@H]5CCOC5)ccn34)nc12. The first-order valence-electron chi connectivity index (χ1n) is 8.55. The molecular formula is C20H16BrN3O2. The predicted molar refractivity (Wildman–Crippen MR) is 103 cm³/mol. The number of rotatable bonds is 3. The summed E-state index contributed by atoms with van der Waals surface area (Å²) in [4.78, 5) is 9.35. The third-order valence-corrected chi connectivity index (χ3v) is 5.25. The van der Waals surface area contributed by atoms with Crippen LogP contribution in [0.4, 0.5) is 0 Å². The van der Waals surface area contributed by atoms with Crippen LogP contribution in [0.25, 0.3) is 27.9 Å². The van der Waals surface area contributed by atoms with Crippen LogP contribution in [0.3, 0.4) is 0 Å². The Morgan fingerprint density at radius 2 is 2.15 bits per heavy atom. The summed E-state index contributed by atoms with van der Waals surface area (Å²) in [6, 6.07) is 14.1. The van der Waals surface area contributed by atoms with E-state index in [0.29, 0.717) is 6.61 Å². The monoisotopic (exact) mass is 409 g/mol. The van der Waals surface area contributed by atoms with Crippen LogP contribution in [0.1, 0.15) is 6.42 Å². The zero-order chi connectivity index (χ0) is 17.5. The van der Waals surface area contributed by atoms with Gasteiger partial charge in [-0.05, 0) is 34.1 Å². The van der Waals surface area contributed by atoms with Gasteiger partial charge in [-0.3, -0.25) is 4.40 Å². The second-order valence-electron chi connectivity index (χ2n) is 6.35. The number of hydrogen-bond donors (Lipinski definition) is 0. The van der Waals surface area contributed by atoms with Crippen LogP contribution in [0.5, 0.6) is 5.75 Å². The smallest absolute Gasteiger partial charge is 0.140 e. The van der Waals surface area contributed by atoms with Gasteiger partial charge in [-0.2, -0.15) is 0 Å². The van der Waals surface area contributed by atoms with Gasteiger partial charge in [0.2, 0.25) is 0 Å². The highest BCUT2D eigenvalue weighted by molar-refractivity contribution is 9.10. The van der Waals surface area contributed by atoms with Crippen LogP contribution in [0.2, 0.25) is 0 Å². The number of nitrogens with zero attached hydrogens (tertiary/aromatic N) is 3. The maximum atomic E-state index is 5.97. The van der Waals surface area contributed by atoms with Gasteiger partial charge in [0, 0.05) is 28.5 Å². The van der Waals surface area contributed by atoms with Crippen LogP contribution in [0, 0.1) is 0 Å². The van der Waals surface area contributed by atoms with Crippen LogP contribution < -0.4 is 4.74 Å². The zero-order valence-electron chi connectivity index (χ0n) is 13.9. The molecule has 0 aliphatic carbocycles.